The topological polar surface area (TPSA) is 79.7 Å². The average molecular weight is 366 g/mol. The fourth-order valence-electron chi connectivity index (χ4n) is 3.24. The number of Topliss-reactive ketones (excluding diaryl/α,β-unsaturated/α-hetero) is 1. The highest BCUT2D eigenvalue weighted by Crippen LogP contribution is 2.39. The van der Waals surface area contributed by atoms with Gasteiger partial charge in [0.2, 0.25) is 0 Å². The van der Waals surface area contributed by atoms with Crippen molar-refractivity contribution in [3.8, 4) is 5.75 Å². The summed E-state index contributed by atoms with van der Waals surface area (Å²) in [5.41, 5.74) is 1.31. The zero-order valence-corrected chi connectivity index (χ0v) is 15.4. The minimum atomic E-state index is -0.666. The second-order valence-corrected chi connectivity index (χ2v) is 6.36. The van der Waals surface area contributed by atoms with Gasteiger partial charge in [-0.2, -0.15) is 0 Å². The van der Waals surface area contributed by atoms with E-state index >= 15 is 0 Å². The summed E-state index contributed by atoms with van der Waals surface area (Å²) in [4.78, 5) is 30.9. The van der Waals surface area contributed by atoms with E-state index in [1.165, 1.54) is 4.90 Å². The van der Waals surface area contributed by atoms with E-state index in [1.807, 2.05) is 6.92 Å². The summed E-state index contributed by atoms with van der Waals surface area (Å²) in [5, 5.41) is 10.9. The van der Waals surface area contributed by atoms with Gasteiger partial charge in [-0.15, -0.1) is 0 Å². The molecule has 0 bridgehead atoms. The molecule has 2 aromatic rings. The second kappa shape index (κ2) is 8.03. The van der Waals surface area contributed by atoms with Crippen molar-refractivity contribution in [1.29, 1.82) is 0 Å². The van der Waals surface area contributed by atoms with Crippen molar-refractivity contribution in [1.82, 2.24) is 9.88 Å². The first-order chi connectivity index (χ1) is 13.1. The Morgan fingerprint density at radius 3 is 2.41 bits per heavy atom. The minimum Gasteiger partial charge on any atom is -0.507 e. The van der Waals surface area contributed by atoms with Crippen molar-refractivity contribution in [2.75, 3.05) is 13.7 Å². The van der Waals surface area contributed by atoms with Crippen LogP contribution in [0.4, 0.5) is 0 Å². The van der Waals surface area contributed by atoms with E-state index in [9.17, 15) is 14.7 Å². The highest BCUT2D eigenvalue weighted by atomic mass is 16.5. The van der Waals surface area contributed by atoms with Crippen LogP contribution >= 0.6 is 0 Å². The number of amides is 1. The molecule has 27 heavy (non-hydrogen) atoms. The maximum atomic E-state index is 12.8. The Labute approximate surface area is 158 Å². The summed E-state index contributed by atoms with van der Waals surface area (Å²) in [6.07, 6.45) is 4.90. The third-order valence-electron chi connectivity index (χ3n) is 4.68. The molecule has 2 heterocycles. The number of carbonyl (C=O) groups is 2. The molecule has 1 saturated heterocycles. The van der Waals surface area contributed by atoms with Crippen LogP contribution in [0.1, 0.15) is 36.9 Å². The Morgan fingerprint density at radius 1 is 1.15 bits per heavy atom. The van der Waals surface area contributed by atoms with Crippen molar-refractivity contribution in [3.63, 3.8) is 0 Å². The summed E-state index contributed by atoms with van der Waals surface area (Å²) in [5.74, 6) is -0.793. The highest BCUT2D eigenvalue weighted by Gasteiger charge is 2.45. The van der Waals surface area contributed by atoms with E-state index in [1.54, 1.807) is 55.9 Å². The molecular formula is C21H22N2O4. The fraction of sp³-hybridized carbons (Fsp3) is 0.286. The first-order valence-corrected chi connectivity index (χ1v) is 8.91. The largest absolute Gasteiger partial charge is 0.507 e. The number of hydrogen-bond donors (Lipinski definition) is 1. The molecule has 1 aliphatic heterocycles. The quantitative estimate of drug-likeness (QED) is 0.482. The summed E-state index contributed by atoms with van der Waals surface area (Å²) in [7, 11) is 1.55. The van der Waals surface area contributed by atoms with Crippen molar-refractivity contribution in [2.24, 2.45) is 0 Å². The third-order valence-corrected chi connectivity index (χ3v) is 4.68. The van der Waals surface area contributed by atoms with E-state index < -0.39 is 17.7 Å². The summed E-state index contributed by atoms with van der Waals surface area (Å²) in [6.45, 7) is 2.48. The lowest BCUT2D eigenvalue weighted by molar-refractivity contribution is -0.139. The number of unbranched alkanes of at least 4 members (excludes halogenated alkanes) is 1. The van der Waals surface area contributed by atoms with Crippen LogP contribution in [0.15, 0.2) is 54.4 Å². The Hall–Kier alpha value is -3.15. The molecule has 0 saturated carbocycles. The Kier molecular flexibility index (Phi) is 5.54. The van der Waals surface area contributed by atoms with Gasteiger partial charge in [0.1, 0.15) is 11.5 Å². The molecule has 1 atom stereocenters. The molecule has 1 aliphatic rings. The number of aliphatic hydroxyl groups excluding tert-OH is 1. The van der Waals surface area contributed by atoms with Gasteiger partial charge < -0.3 is 14.7 Å². The van der Waals surface area contributed by atoms with Gasteiger partial charge in [-0.3, -0.25) is 14.6 Å². The van der Waals surface area contributed by atoms with Crippen LogP contribution in [0.2, 0.25) is 0 Å². The van der Waals surface area contributed by atoms with E-state index in [4.69, 9.17) is 4.74 Å². The lowest BCUT2D eigenvalue weighted by Gasteiger charge is -2.25. The SMILES string of the molecule is CCCCN1C(=O)C(=O)/C(=C(\O)c2ccc(OC)cc2)C1c1ccncc1. The predicted molar refractivity (Wildman–Crippen MR) is 101 cm³/mol. The average Bonchev–Trinajstić information content (AvgIpc) is 2.97. The Bertz CT molecular complexity index is 860. The number of likely N-dealkylation sites (tertiary alicyclic amines) is 1. The van der Waals surface area contributed by atoms with Crippen LogP contribution in [0, 0.1) is 0 Å². The zero-order chi connectivity index (χ0) is 19.4. The standard InChI is InChI=1S/C21H22N2O4/c1-3-4-13-23-18(14-9-11-22-12-10-14)17(20(25)21(23)26)19(24)15-5-7-16(27-2)8-6-15/h5-12,18,24H,3-4,13H2,1-2H3/b19-17-. The lowest BCUT2D eigenvalue weighted by Crippen LogP contribution is -2.30. The van der Waals surface area contributed by atoms with E-state index in [-0.39, 0.29) is 11.3 Å². The number of methoxy groups -OCH3 is 1. The summed E-state index contributed by atoms with van der Waals surface area (Å²) in [6, 6.07) is 9.62. The van der Waals surface area contributed by atoms with Crippen LogP contribution in [0.5, 0.6) is 5.75 Å². The summed E-state index contributed by atoms with van der Waals surface area (Å²) >= 11 is 0. The summed E-state index contributed by atoms with van der Waals surface area (Å²) < 4.78 is 5.13. The van der Waals surface area contributed by atoms with E-state index in [2.05, 4.69) is 4.98 Å². The zero-order valence-electron chi connectivity index (χ0n) is 15.4. The highest BCUT2D eigenvalue weighted by molar-refractivity contribution is 6.46. The van der Waals surface area contributed by atoms with Gasteiger partial charge in [-0.25, -0.2) is 0 Å². The molecule has 6 nitrogen and oxygen atoms in total. The molecule has 1 unspecified atom stereocenters. The fourth-order valence-corrected chi connectivity index (χ4v) is 3.24. The van der Waals surface area contributed by atoms with Gasteiger partial charge in [-0.05, 0) is 48.4 Å². The van der Waals surface area contributed by atoms with Crippen LogP contribution in [-0.2, 0) is 9.59 Å². The van der Waals surface area contributed by atoms with Crippen LogP contribution in [0.3, 0.4) is 0 Å². The first-order valence-electron chi connectivity index (χ1n) is 8.91. The normalized spacial score (nSPS) is 18.7. The van der Waals surface area contributed by atoms with Gasteiger partial charge in [0.15, 0.2) is 0 Å². The van der Waals surface area contributed by atoms with Gasteiger partial charge in [0, 0.05) is 24.5 Å². The van der Waals surface area contributed by atoms with Crippen molar-refractivity contribution >= 4 is 17.4 Å². The van der Waals surface area contributed by atoms with Crippen LogP contribution < -0.4 is 4.74 Å². The van der Waals surface area contributed by atoms with Crippen molar-refractivity contribution in [2.45, 2.75) is 25.8 Å². The molecule has 1 amide bonds. The second-order valence-electron chi connectivity index (χ2n) is 6.36. The number of pyridine rings is 1. The molecule has 140 valence electrons. The molecule has 1 aromatic heterocycles. The van der Waals surface area contributed by atoms with Crippen LogP contribution in [-0.4, -0.2) is 40.3 Å². The van der Waals surface area contributed by atoms with Crippen molar-refractivity contribution < 1.29 is 19.4 Å². The molecule has 0 radical (unpaired) electrons. The number of aromatic nitrogens is 1. The number of aliphatic hydroxyl groups is 1. The van der Waals surface area contributed by atoms with Crippen LogP contribution in [0.25, 0.3) is 5.76 Å². The number of hydrogen-bond acceptors (Lipinski definition) is 5. The monoisotopic (exact) mass is 366 g/mol. The molecule has 6 heteroatoms. The maximum Gasteiger partial charge on any atom is 0.295 e. The van der Waals surface area contributed by atoms with Gasteiger partial charge in [0.05, 0.1) is 18.7 Å². The molecule has 0 spiro atoms. The number of nitrogens with zero attached hydrogens (tertiary/aromatic N) is 2. The van der Waals surface area contributed by atoms with Gasteiger partial charge >= 0.3 is 0 Å². The van der Waals surface area contributed by atoms with Gasteiger partial charge in [0.25, 0.3) is 11.7 Å². The van der Waals surface area contributed by atoms with Crippen molar-refractivity contribution in [3.05, 3.63) is 65.5 Å². The minimum absolute atomic E-state index is 0.104. The molecule has 0 aliphatic carbocycles. The molecule has 1 aromatic carbocycles. The van der Waals surface area contributed by atoms with Gasteiger partial charge in [-0.1, -0.05) is 13.3 Å². The first kappa shape index (κ1) is 18.6. The predicted octanol–water partition coefficient (Wildman–Crippen LogP) is 3.31. The molecule has 1 N–H and O–H groups in total. The Morgan fingerprint density at radius 2 is 1.81 bits per heavy atom. The number of rotatable bonds is 6. The maximum absolute atomic E-state index is 12.8. The van der Waals surface area contributed by atoms with E-state index in [0.29, 0.717) is 17.9 Å². The van der Waals surface area contributed by atoms with E-state index in [0.717, 1.165) is 18.4 Å². The number of ether oxygens (including phenoxy) is 1. The molecule has 1 fully saturated rings. The Balaban J connectivity index is 2.11. The number of carbonyl (C=O) groups excluding carboxylic acids is 2. The number of ketones is 1. The third kappa shape index (κ3) is 3.56. The molecule has 3 rings (SSSR count). The number of benzene rings is 1. The smallest absolute Gasteiger partial charge is 0.295 e. The molecular weight excluding hydrogens is 344 g/mol. The lowest BCUT2D eigenvalue weighted by atomic mass is 9.96.